The second-order valence-corrected chi connectivity index (χ2v) is 29.7. The first-order valence-corrected chi connectivity index (χ1v) is 38.2. The molecule has 4 aromatic heterocycles. The minimum Gasteiger partial charge on any atom is -0.264 e. The van der Waals surface area contributed by atoms with Crippen molar-refractivity contribution >= 4 is 0 Å². The molecule has 526 valence electrons. The van der Waals surface area contributed by atoms with Gasteiger partial charge in [-0.2, -0.15) is 0 Å². The summed E-state index contributed by atoms with van der Waals surface area (Å²) in [4.78, 5) is 28.8. The molecule has 6 heteroatoms. The van der Waals surface area contributed by atoms with Crippen molar-refractivity contribution in [1.82, 2.24) is 29.9 Å². The van der Waals surface area contributed by atoms with Crippen molar-refractivity contribution in [2.75, 3.05) is 0 Å². The van der Waals surface area contributed by atoms with E-state index in [4.69, 9.17) is 19.9 Å². The zero-order valence-corrected chi connectivity index (χ0v) is 61.8. The average molecular weight is 1430 g/mol. The summed E-state index contributed by atoms with van der Waals surface area (Å²) in [5.41, 5.74) is 39.4. The van der Waals surface area contributed by atoms with Crippen LogP contribution in [0.3, 0.4) is 0 Å². The average Bonchev–Trinajstić information content (AvgIpc) is 1.51. The fourth-order valence-corrected chi connectivity index (χ4v) is 17.3. The van der Waals surface area contributed by atoms with Crippen LogP contribution in [0.15, 0.2) is 401 Å². The number of pyridine rings is 2. The largest absolute Gasteiger partial charge is 0.264 e. The molecule has 3 aliphatic rings. The maximum absolute atomic E-state index is 5.10. The Hall–Kier alpha value is -14.5. The molecular weight excluding hydrogens is 1360 g/mol. The van der Waals surface area contributed by atoms with Gasteiger partial charge in [0.15, 0.2) is 11.6 Å². The second-order valence-electron chi connectivity index (χ2n) is 29.7. The Labute approximate surface area is 652 Å². The minimum absolute atomic E-state index is 0.00522. The van der Waals surface area contributed by atoms with Gasteiger partial charge in [-0.15, -0.1) is 0 Å². The number of aromatic nitrogens is 6. The summed E-state index contributed by atoms with van der Waals surface area (Å²) in [6.07, 6.45) is 7.37. The quantitative estimate of drug-likeness (QED) is 0.121. The van der Waals surface area contributed by atoms with Gasteiger partial charge in [0.25, 0.3) is 0 Å². The number of fused-ring (bicyclic) bond motifs is 13. The molecule has 0 unspecified atom stereocenters. The van der Waals surface area contributed by atoms with Crippen molar-refractivity contribution in [1.29, 1.82) is 0 Å². The van der Waals surface area contributed by atoms with Crippen molar-refractivity contribution in [3.63, 3.8) is 0 Å². The molecule has 0 amide bonds. The molecular formula is C106H72N6. The molecule has 0 radical (unpaired) electrons. The van der Waals surface area contributed by atoms with E-state index in [9.17, 15) is 0 Å². The van der Waals surface area contributed by atoms with Crippen LogP contribution in [0.1, 0.15) is 47.2 Å². The van der Waals surface area contributed by atoms with Crippen LogP contribution in [0.2, 0.25) is 0 Å². The fourth-order valence-electron chi connectivity index (χ4n) is 17.3. The lowest BCUT2D eigenvalue weighted by Crippen LogP contribution is -2.25. The summed E-state index contributed by atoms with van der Waals surface area (Å²) in [6.45, 7) is 4.65. The van der Waals surface area contributed by atoms with Gasteiger partial charge in [-0.25, -0.2) is 19.9 Å². The first-order valence-electron chi connectivity index (χ1n) is 38.2. The standard InChI is InChI=1S/C58H37N3.C48H35N3/c1-2-12-42(13-3-1)57-60-55(36-56(61-57)41-29-25-39(26-30-41)46-16-11-33-59-37-46)40-27-23-38(24-28-40)43-14-10-15-44(34-43)45-31-32-54-50(35-45)49-19-6-9-22-53(49)58(54)51-20-7-4-17-47(51)48-18-5-8-21-52(48)58;1-48(2)43-16-7-6-15-41(43)42-29-39(25-26-44(42)48)38-13-8-12-37(28-38)32-17-21-34(22-18-32)45-30-46(51-47(50-45)36-10-4-3-5-11-36)35-23-19-33(20-24-35)40-14-9-27-49-31-40/h1-37H;3-31H,1-2H3. The lowest BCUT2D eigenvalue weighted by molar-refractivity contribution is 0.660. The Morgan fingerprint density at radius 1 is 0.179 bits per heavy atom. The molecule has 21 rings (SSSR count). The SMILES string of the molecule is CC1(C)c2ccccc2-c2cc(-c3cccc(-c4ccc(-c5cc(-c6ccc(-c7cccnc7)cc6)nc(-c6ccccc6)n5)cc4)c3)ccc21.c1ccc(-c2nc(-c3ccc(-c4cccnc4)cc3)cc(-c3ccc(-c4cccc(-c5ccc6c(c5)-c5ccccc5C65c6ccccc6-c6ccccc65)c4)cc3)n2)cc1. The number of rotatable bonds is 12. The number of hydrogen-bond donors (Lipinski definition) is 0. The molecule has 0 aliphatic heterocycles. The predicted octanol–water partition coefficient (Wildman–Crippen LogP) is 26.4. The molecule has 18 aromatic rings. The van der Waals surface area contributed by atoms with Gasteiger partial charge in [0.1, 0.15) is 0 Å². The van der Waals surface area contributed by atoms with E-state index in [1.54, 1.807) is 12.4 Å². The highest BCUT2D eigenvalue weighted by atomic mass is 14.9. The number of benzene rings is 14. The van der Waals surface area contributed by atoms with Gasteiger partial charge in [0.05, 0.1) is 28.2 Å². The van der Waals surface area contributed by atoms with Crippen LogP contribution in [-0.4, -0.2) is 29.9 Å². The Balaban J connectivity index is 0.000000148. The van der Waals surface area contributed by atoms with Crippen LogP contribution in [-0.2, 0) is 10.8 Å². The molecule has 0 saturated carbocycles. The molecule has 3 aliphatic carbocycles. The van der Waals surface area contributed by atoms with E-state index >= 15 is 0 Å². The van der Waals surface area contributed by atoms with Crippen molar-refractivity contribution in [2.45, 2.75) is 24.7 Å². The highest BCUT2D eigenvalue weighted by Gasteiger charge is 2.51. The topological polar surface area (TPSA) is 77.3 Å². The summed E-state index contributed by atoms with van der Waals surface area (Å²) in [5.74, 6) is 1.40. The maximum Gasteiger partial charge on any atom is 0.160 e. The molecule has 1 spiro atoms. The number of hydrogen-bond acceptors (Lipinski definition) is 6. The van der Waals surface area contributed by atoms with Crippen LogP contribution in [0, 0.1) is 0 Å². The molecule has 0 bridgehead atoms. The summed E-state index contributed by atoms with van der Waals surface area (Å²) in [7, 11) is 0. The van der Waals surface area contributed by atoms with Crippen LogP contribution in [0.4, 0.5) is 0 Å². The minimum atomic E-state index is -0.335. The van der Waals surface area contributed by atoms with E-state index in [1.165, 1.54) is 100 Å². The third-order valence-corrected chi connectivity index (χ3v) is 22.9. The fraction of sp³-hybridized carbons (Fsp3) is 0.0377. The zero-order chi connectivity index (χ0) is 74.7. The van der Waals surface area contributed by atoms with E-state index in [0.29, 0.717) is 11.6 Å². The van der Waals surface area contributed by atoms with Crippen molar-refractivity contribution in [3.05, 3.63) is 434 Å². The Kier molecular flexibility index (Phi) is 16.7. The van der Waals surface area contributed by atoms with Crippen LogP contribution < -0.4 is 0 Å². The van der Waals surface area contributed by atoms with Crippen LogP contribution in [0.25, 0.3) is 168 Å². The van der Waals surface area contributed by atoms with Gasteiger partial charge in [0, 0.05) is 63.6 Å². The summed E-state index contributed by atoms with van der Waals surface area (Å²) in [5, 5.41) is 0. The lowest BCUT2D eigenvalue weighted by Gasteiger charge is -2.30. The van der Waals surface area contributed by atoms with Gasteiger partial charge in [0.2, 0.25) is 0 Å². The third kappa shape index (κ3) is 11.9. The van der Waals surface area contributed by atoms with Gasteiger partial charge < -0.3 is 0 Å². The highest BCUT2D eigenvalue weighted by molar-refractivity contribution is 5.97. The molecule has 6 nitrogen and oxygen atoms in total. The molecule has 0 N–H and O–H groups in total. The first kappa shape index (κ1) is 66.9. The normalized spacial score (nSPS) is 12.7. The van der Waals surface area contributed by atoms with Gasteiger partial charge >= 0.3 is 0 Å². The summed E-state index contributed by atoms with van der Waals surface area (Å²) >= 11 is 0. The lowest BCUT2D eigenvalue weighted by atomic mass is 9.70. The molecule has 112 heavy (non-hydrogen) atoms. The molecule has 14 aromatic carbocycles. The monoisotopic (exact) mass is 1430 g/mol. The van der Waals surface area contributed by atoms with Crippen molar-refractivity contribution in [2.24, 2.45) is 0 Å². The summed E-state index contributed by atoms with van der Waals surface area (Å²) < 4.78 is 0. The molecule has 0 fully saturated rings. The van der Waals surface area contributed by atoms with Crippen molar-refractivity contribution in [3.8, 4) is 168 Å². The van der Waals surface area contributed by atoms with Crippen LogP contribution >= 0.6 is 0 Å². The van der Waals surface area contributed by atoms with E-state index in [1.807, 2.05) is 60.9 Å². The van der Waals surface area contributed by atoms with Crippen LogP contribution in [0.5, 0.6) is 0 Å². The third-order valence-electron chi connectivity index (χ3n) is 22.9. The molecule has 0 saturated heterocycles. The Bertz CT molecular complexity index is 6550. The van der Waals surface area contributed by atoms with Gasteiger partial charge in [-0.3, -0.25) is 9.97 Å². The first-order chi connectivity index (χ1) is 55.2. The molecule has 4 heterocycles. The van der Waals surface area contributed by atoms with E-state index < -0.39 is 0 Å². The van der Waals surface area contributed by atoms with E-state index in [0.717, 1.165) is 89.5 Å². The van der Waals surface area contributed by atoms with Crippen molar-refractivity contribution < 1.29 is 0 Å². The van der Waals surface area contributed by atoms with Gasteiger partial charge in [-0.05, 0) is 182 Å². The van der Waals surface area contributed by atoms with E-state index in [2.05, 4.69) is 351 Å². The van der Waals surface area contributed by atoms with Gasteiger partial charge in [-0.1, -0.05) is 341 Å². The predicted molar refractivity (Wildman–Crippen MR) is 459 cm³/mol. The number of nitrogens with zero attached hydrogens (tertiary/aromatic N) is 6. The Morgan fingerprint density at radius 2 is 0.438 bits per heavy atom. The van der Waals surface area contributed by atoms with E-state index in [-0.39, 0.29) is 10.8 Å². The highest BCUT2D eigenvalue weighted by Crippen LogP contribution is 2.63. The summed E-state index contributed by atoms with van der Waals surface area (Å²) in [6, 6.07) is 135. The second kappa shape index (κ2) is 28.0. The zero-order valence-electron chi connectivity index (χ0n) is 61.8. The maximum atomic E-state index is 5.10. The molecule has 0 atom stereocenters. The Morgan fingerprint density at radius 3 is 0.821 bits per heavy atom. The smallest absolute Gasteiger partial charge is 0.160 e.